The standard InChI is InChI=1S/C26H33F3N4O/c27-26(28,29)23-5-3-4-22(16-23)19-33-14-10-24(11-15-33)31-25(34)30-17-20-6-8-21(9-7-20)18-32-12-1-2-13-32/h3-9,16,24H,1-2,10-15,17-19H2,(H2,30,31,34). The van der Waals surface area contributed by atoms with Crippen LogP contribution in [0.1, 0.15) is 47.9 Å². The first-order valence-corrected chi connectivity index (χ1v) is 12.1. The molecule has 0 radical (unpaired) electrons. The fourth-order valence-corrected chi connectivity index (χ4v) is 4.72. The number of likely N-dealkylation sites (tertiary alicyclic amines) is 2. The first-order chi connectivity index (χ1) is 16.3. The minimum atomic E-state index is -4.32. The zero-order valence-corrected chi connectivity index (χ0v) is 19.4. The van der Waals surface area contributed by atoms with E-state index in [0.29, 0.717) is 18.7 Å². The predicted octanol–water partition coefficient (Wildman–Crippen LogP) is 4.77. The minimum Gasteiger partial charge on any atom is -0.335 e. The number of halogens is 3. The van der Waals surface area contributed by atoms with E-state index in [1.807, 2.05) is 0 Å². The summed E-state index contributed by atoms with van der Waals surface area (Å²) in [6.07, 6.45) is -0.205. The lowest BCUT2D eigenvalue weighted by molar-refractivity contribution is -0.137. The van der Waals surface area contributed by atoms with Gasteiger partial charge in [-0.3, -0.25) is 9.80 Å². The summed E-state index contributed by atoms with van der Waals surface area (Å²) >= 11 is 0. The number of piperidine rings is 1. The normalized spacial score (nSPS) is 18.2. The van der Waals surface area contributed by atoms with E-state index in [0.717, 1.165) is 44.1 Å². The molecule has 0 aliphatic carbocycles. The summed E-state index contributed by atoms with van der Waals surface area (Å²) in [7, 11) is 0. The van der Waals surface area contributed by atoms with Gasteiger partial charge in [0.2, 0.25) is 0 Å². The van der Waals surface area contributed by atoms with Gasteiger partial charge in [-0.15, -0.1) is 0 Å². The zero-order chi connectivity index (χ0) is 24.0. The first kappa shape index (κ1) is 24.5. The Hall–Kier alpha value is -2.58. The van der Waals surface area contributed by atoms with Crippen molar-refractivity contribution in [3.05, 3.63) is 70.8 Å². The highest BCUT2D eigenvalue weighted by molar-refractivity contribution is 5.74. The summed E-state index contributed by atoms with van der Waals surface area (Å²) in [6.45, 7) is 5.77. The largest absolute Gasteiger partial charge is 0.416 e. The quantitative estimate of drug-likeness (QED) is 0.608. The molecule has 0 atom stereocenters. The summed E-state index contributed by atoms with van der Waals surface area (Å²) in [5.41, 5.74) is 2.41. The number of benzene rings is 2. The Morgan fingerprint density at radius 1 is 0.853 bits per heavy atom. The molecule has 2 saturated heterocycles. The molecule has 2 aliphatic heterocycles. The summed E-state index contributed by atoms with van der Waals surface area (Å²) in [6, 6.07) is 13.8. The van der Waals surface area contributed by atoms with E-state index in [4.69, 9.17) is 0 Å². The number of hydrogen-bond donors (Lipinski definition) is 2. The predicted molar refractivity (Wildman–Crippen MR) is 126 cm³/mol. The first-order valence-electron chi connectivity index (χ1n) is 12.1. The van der Waals surface area contributed by atoms with Crippen LogP contribution >= 0.6 is 0 Å². The van der Waals surface area contributed by atoms with Crippen LogP contribution in [0.2, 0.25) is 0 Å². The number of nitrogens with one attached hydrogen (secondary N) is 2. The van der Waals surface area contributed by atoms with Gasteiger partial charge in [0.1, 0.15) is 0 Å². The smallest absolute Gasteiger partial charge is 0.335 e. The second-order valence-corrected chi connectivity index (χ2v) is 9.38. The highest BCUT2D eigenvalue weighted by Gasteiger charge is 2.30. The van der Waals surface area contributed by atoms with Crippen LogP contribution in [0.25, 0.3) is 0 Å². The van der Waals surface area contributed by atoms with Crippen LogP contribution in [-0.4, -0.2) is 48.1 Å². The maximum atomic E-state index is 12.9. The molecule has 2 aromatic rings. The second-order valence-electron chi connectivity index (χ2n) is 9.38. The number of amides is 2. The number of hydrogen-bond acceptors (Lipinski definition) is 3. The Kier molecular flexibility index (Phi) is 8.11. The Morgan fingerprint density at radius 2 is 1.47 bits per heavy atom. The molecular weight excluding hydrogens is 441 g/mol. The average molecular weight is 475 g/mol. The van der Waals surface area contributed by atoms with Crippen molar-refractivity contribution >= 4 is 6.03 Å². The Labute approximate surface area is 199 Å². The van der Waals surface area contributed by atoms with Crippen LogP contribution in [0, 0.1) is 0 Å². The fraction of sp³-hybridized carbons (Fsp3) is 0.500. The van der Waals surface area contributed by atoms with Crippen LogP contribution in [-0.2, 0) is 25.8 Å². The molecule has 0 bridgehead atoms. The summed E-state index contributed by atoms with van der Waals surface area (Å²) in [5, 5.41) is 5.96. The van der Waals surface area contributed by atoms with Gasteiger partial charge < -0.3 is 10.6 Å². The van der Waals surface area contributed by atoms with E-state index >= 15 is 0 Å². The lowest BCUT2D eigenvalue weighted by Gasteiger charge is -2.32. The maximum absolute atomic E-state index is 12.9. The van der Waals surface area contributed by atoms with Crippen molar-refractivity contribution in [3.63, 3.8) is 0 Å². The van der Waals surface area contributed by atoms with Gasteiger partial charge in [0.15, 0.2) is 0 Å². The number of nitrogens with zero attached hydrogens (tertiary/aromatic N) is 2. The molecule has 0 saturated carbocycles. The van der Waals surface area contributed by atoms with Crippen LogP contribution in [0.5, 0.6) is 0 Å². The van der Waals surface area contributed by atoms with Gasteiger partial charge in [-0.2, -0.15) is 13.2 Å². The van der Waals surface area contributed by atoms with Gasteiger partial charge in [-0.25, -0.2) is 4.79 Å². The molecule has 0 unspecified atom stereocenters. The van der Waals surface area contributed by atoms with E-state index in [-0.39, 0.29) is 12.1 Å². The van der Waals surface area contributed by atoms with Gasteiger partial charge in [0.05, 0.1) is 5.56 Å². The number of carbonyl (C=O) groups excluding carboxylic acids is 1. The SMILES string of the molecule is O=C(NCc1ccc(CN2CCCC2)cc1)NC1CCN(Cc2cccc(C(F)(F)F)c2)CC1. The molecule has 2 fully saturated rings. The molecule has 34 heavy (non-hydrogen) atoms. The van der Waals surface area contributed by atoms with Gasteiger partial charge >= 0.3 is 12.2 Å². The van der Waals surface area contributed by atoms with E-state index < -0.39 is 11.7 Å². The zero-order valence-electron chi connectivity index (χ0n) is 19.4. The highest BCUT2D eigenvalue weighted by atomic mass is 19.4. The van der Waals surface area contributed by atoms with Crippen molar-refractivity contribution in [2.75, 3.05) is 26.2 Å². The number of rotatable bonds is 7. The maximum Gasteiger partial charge on any atom is 0.416 e. The van der Waals surface area contributed by atoms with Gasteiger partial charge in [-0.1, -0.05) is 42.5 Å². The molecule has 4 rings (SSSR count). The highest BCUT2D eigenvalue weighted by Crippen LogP contribution is 2.30. The van der Waals surface area contributed by atoms with Crippen molar-refractivity contribution in [2.24, 2.45) is 0 Å². The van der Waals surface area contributed by atoms with Crippen molar-refractivity contribution < 1.29 is 18.0 Å². The molecule has 2 aliphatic rings. The third-order valence-corrected chi connectivity index (χ3v) is 6.66. The molecular formula is C26H33F3N4O. The van der Waals surface area contributed by atoms with Crippen molar-refractivity contribution in [2.45, 2.75) is 57.5 Å². The van der Waals surface area contributed by atoms with Crippen LogP contribution < -0.4 is 10.6 Å². The molecule has 2 amide bonds. The molecule has 2 N–H and O–H groups in total. The molecule has 5 nitrogen and oxygen atoms in total. The molecule has 0 spiro atoms. The summed E-state index contributed by atoms with van der Waals surface area (Å²) < 4.78 is 38.8. The fourth-order valence-electron chi connectivity index (χ4n) is 4.72. The average Bonchev–Trinajstić information content (AvgIpc) is 3.33. The van der Waals surface area contributed by atoms with Crippen molar-refractivity contribution in [1.29, 1.82) is 0 Å². The lowest BCUT2D eigenvalue weighted by atomic mass is 10.0. The van der Waals surface area contributed by atoms with E-state index in [9.17, 15) is 18.0 Å². The van der Waals surface area contributed by atoms with Gasteiger partial charge in [-0.05, 0) is 61.5 Å². The molecule has 184 valence electrons. The van der Waals surface area contributed by atoms with Crippen molar-refractivity contribution in [1.82, 2.24) is 20.4 Å². The monoisotopic (exact) mass is 474 g/mol. The Morgan fingerprint density at radius 3 is 2.15 bits per heavy atom. The molecule has 8 heteroatoms. The van der Waals surface area contributed by atoms with Crippen LogP contribution in [0.3, 0.4) is 0 Å². The van der Waals surface area contributed by atoms with Crippen LogP contribution in [0.4, 0.5) is 18.0 Å². The van der Waals surface area contributed by atoms with Crippen LogP contribution in [0.15, 0.2) is 48.5 Å². The topological polar surface area (TPSA) is 47.6 Å². The van der Waals surface area contributed by atoms with E-state index in [1.165, 1.54) is 43.6 Å². The second kappa shape index (κ2) is 11.2. The summed E-state index contributed by atoms with van der Waals surface area (Å²) in [5.74, 6) is 0. The third kappa shape index (κ3) is 7.21. The van der Waals surface area contributed by atoms with E-state index in [2.05, 4.69) is 44.7 Å². The van der Waals surface area contributed by atoms with Gasteiger partial charge in [0.25, 0.3) is 0 Å². The lowest BCUT2D eigenvalue weighted by Crippen LogP contribution is -2.47. The molecule has 2 aromatic carbocycles. The number of urea groups is 1. The Bertz CT molecular complexity index is 934. The van der Waals surface area contributed by atoms with Crippen molar-refractivity contribution in [3.8, 4) is 0 Å². The number of alkyl halides is 3. The summed E-state index contributed by atoms with van der Waals surface area (Å²) in [4.78, 5) is 16.9. The van der Waals surface area contributed by atoms with Gasteiger partial charge in [0, 0.05) is 38.8 Å². The van der Waals surface area contributed by atoms with E-state index in [1.54, 1.807) is 6.07 Å². The number of carbonyl (C=O) groups is 1. The third-order valence-electron chi connectivity index (χ3n) is 6.66. The molecule has 0 aromatic heterocycles. The molecule has 2 heterocycles. The minimum absolute atomic E-state index is 0.0700. The Balaban J connectivity index is 1.15.